The van der Waals surface area contributed by atoms with Crippen molar-refractivity contribution in [3.8, 4) is 0 Å². The monoisotopic (exact) mass is 575 g/mol. The minimum atomic E-state index is 0.433. The van der Waals surface area contributed by atoms with Crippen molar-refractivity contribution in [1.82, 2.24) is 30.3 Å². The van der Waals surface area contributed by atoms with Gasteiger partial charge in [0.25, 0.3) is 0 Å². The van der Waals surface area contributed by atoms with Gasteiger partial charge in [0.15, 0.2) is 22.1 Å². The lowest BCUT2D eigenvalue weighted by molar-refractivity contribution is 0.146. The van der Waals surface area contributed by atoms with Gasteiger partial charge < -0.3 is 15.4 Å². The van der Waals surface area contributed by atoms with Gasteiger partial charge in [0.2, 0.25) is 0 Å². The van der Waals surface area contributed by atoms with E-state index in [0.29, 0.717) is 52.4 Å². The van der Waals surface area contributed by atoms with Gasteiger partial charge in [-0.2, -0.15) is 0 Å². The second-order valence-corrected chi connectivity index (χ2v) is 10.2. The molecule has 1 atom stereocenters. The van der Waals surface area contributed by atoms with Gasteiger partial charge in [-0.1, -0.05) is 70.2 Å². The van der Waals surface area contributed by atoms with Crippen LogP contribution in [0, 0.1) is 0 Å². The van der Waals surface area contributed by atoms with Crippen LogP contribution < -0.4 is 10.6 Å². The van der Waals surface area contributed by atoms with Crippen LogP contribution in [0.15, 0.2) is 29.4 Å². The molecule has 0 bridgehead atoms. The average Bonchev–Trinajstić information content (AvgIpc) is 3.15. The Balaban J connectivity index is 1.70. The maximum atomic E-state index is 6.00. The third kappa shape index (κ3) is 7.70. The normalized spacial score (nSPS) is 12.4. The molecule has 0 aliphatic carbocycles. The van der Waals surface area contributed by atoms with E-state index in [4.69, 9.17) is 21.3 Å². The van der Waals surface area contributed by atoms with E-state index in [2.05, 4.69) is 62.4 Å². The molecule has 168 valence electrons. The molecule has 0 saturated carbocycles. The van der Waals surface area contributed by atoms with Crippen LogP contribution in [0.4, 0.5) is 5.82 Å². The Morgan fingerprint density at radius 3 is 2.71 bits per heavy atom. The first-order valence-electron chi connectivity index (χ1n) is 10.2. The molecule has 2 heterocycles. The Kier molecular flexibility index (Phi) is 10.0. The second kappa shape index (κ2) is 12.7. The molecule has 0 aliphatic heterocycles. The molecule has 1 unspecified atom stereocenters. The number of hydrogen-bond donors (Lipinski definition) is 2. The highest BCUT2D eigenvalue weighted by atomic mass is 127. The summed E-state index contributed by atoms with van der Waals surface area (Å²) in [5.74, 6) is 1.64. The van der Waals surface area contributed by atoms with Crippen molar-refractivity contribution in [2.45, 2.75) is 36.0 Å². The first-order valence-corrected chi connectivity index (χ1v) is 12.8. The summed E-state index contributed by atoms with van der Waals surface area (Å²) in [5.41, 5.74) is 2.46. The average molecular weight is 576 g/mol. The second-order valence-electron chi connectivity index (χ2n) is 6.86. The number of hydrogen-bond acceptors (Lipinski definition) is 8. The molecule has 11 heteroatoms. The van der Waals surface area contributed by atoms with Gasteiger partial charge in [0, 0.05) is 23.9 Å². The van der Waals surface area contributed by atoms with Gasteiger partial charge in [-0.05, 0) is 31.0 Å². The zero-order valence-corrected chi connectivity index (χ0v) is 21.4. The fraction of sp³-hybridized carbons (Fsp3) is 0.500. The highest BCUT2D eigenvalue weighted by molar-refractivity contribution is 14.1. The van der Waals surface area contributed by atoms with Crippen LogP contribution in [0.5, 0.6) is 0 Å². The predicted molar refractivity (Wildman–Crippen MR) is 135 cm³/mol. The summed E-state index contributed by atoms with van der Waals surface area (Å²) in [6.45, 7) is 7.53. The number of ether oxygens (including phenoxy) is 1. The number of nitrogens with one attached hydrogen (secondary N) is 2. The summed E-state index contributed by atoms with van der Waals surface area (Å²) >= 11 is 9.97. The van der Waals surface area contributed by atoms with E-state index in [1.165, 1.54) is 0 Å². The van der Waals surface area contributed by atoms with Gasteiger partial charge in [-0.25, -0.2) is 14.6 Å². The zero-order chi connectivity index (χ0) is 22.1. The number of fused-ring (bicyclic) bond motifs is 1. The highest BCUT2D eigenvalue weighted by Crippen LogP contribution is 2.23. The number of nitrogens with zero attached hydrogens (tertiary/aromatic N) is 5. The molecule has 0 radical (unpaired) electrons. The SMILES string of the molecule is CCCSc1nc(NCCOCCNC(C)I)c2nnn(Cc3ccc(Cl)cc3)c2n1. The van der Waals surface area contributed by atoms with Gasteiger partial charge in [-0.15, -0.1) is 5.10 Å². The molecule has 0 fully saturated rings. The Bertz CT molecular complexity index is 955. The Hall–Kier alpha value is -1.21. The van der Waals surface area contributed by atoms with E-state index in [-0.39, 0.29) is 0 Å². The number of alkyl halides is 1. The topological polar surface area (TPSA) is 89.8 Å². The van der Waals surface area contributed by atoms with Crippen molar-refractivity contribution in [2.75, 3.05) is 37.4 Å². The lowest BCUT2D eigenvalue weighted by atomic mass is 10.2. The summed E-state index contributed by atoms with van der Waals surface area (Å²) in [7, 11) is 0. The summed E-state index contributed by atoms with van der Waals surface area (Å²) in [5, 5.41) is 16.8. The van der Waals surface area contributed by atoms with Crippen LogP contribution >= 0.6 is 46.0 Å². The number of rotatable bonds is 13. The first kappa shape index (κ1) is 24.4. The molecule has 0 saturated heterocycles. The van der Waals surface area contributed by atoms with Crippen molar-refractivity contribution < 1.29 is 4.74 Å². The fourth-order valence-electron chi connectivity index (χ4n) is 2.76. The molecule has 2 N–H and O–H groups in total. The third-order valence-electron chi connectivity index (χ3n) is 4.23. The molecular formula is C20H27ClIN7OS. The first-order chi connectivity index (χ1) is 15.1. The van der Waals surface area contributed by atoms with E-state index in [1.807, 2.05) is 24.3 Å². The minimum Gasteiger partial charge on any atom is -0.378 e. The van der Waals surface area contributed by atoms with E-state index in [1.54, 1.807) is 16.4 Å². The number of thioether (sulfide) groups is 1. The Labute approximate surface area is 205 Å². The lowest BCUT2D eigenvalue weighted by Crippen LogP contribution is -2.25. The summed E-state index contributed by atoms with van der Waals surface area (Å²) < 4.78 is 7.91. The molecule has 0 aliphatic rings. The van der Waals surface area contributed by atoms with E-state index >= 15 is 0 Å². The minimum absolute atomic E-state index is 0.433. The predicted octanol–water partition coefficient (Wildman–Crippen LogP) is 4.22. The van der Waals surface area contributed by atoms with E-state index < -0.39 is 0 Å². The third-order valence-corrected chi connectivity index (χ3v) is 5.98. The van der Waals surface area contributed by atoms with Crippen LogP contribution in [0.25, 0.3) is 11.2 Å². The Morgan fingerprint density at radius 1 is 1.19 bits per heavy atom. The van der Waals surface area contributed by atoms with E-state index in [0.717, 1.165) is 29.4 Å². The number of halogens is 2. The van der Waals surface area contributed by atoms with Gasteiger partial charge >= 0.3 is 0 Å². The van der Waals surface area contributed by atoms with Gasteiger partial charge in [0.1, 0.15) is 0 Å². The number of anilines is 1. The van der Waals surface area contributed by atoms with Crippen molar-refractivity contribution >= 4 is 62.9 Å². The summed E-state index contributed by atoms with van der Waals surface area (Å²) in [6.07, 6.45) is 1.05. The molecule has 2 aromatic heterocycles. The molecular weight excluding hydrogens is 549 g/mol. The van der Waals surface area contributed by atoms with Crippen LogP contribution in [0.2, 0.25) is 5.02 Å². The molecule has 0 amide bonds. The van der Waals surface area contributed by atoms with Crippen LogP contribution in [0.3, 0.4) is 0 Å². The molecule has 8 nitrogen and oxygen atoms in total. The van der Waals surface area contributed by atoms with Crippen molar-refractivity contribution in [3.05, 3.63) is 34.9 Å². The summed E-state index contributed by atoms with van der Waals surface area (Å²) in [4.78, 5) is 9.38. The smallest absolute Gasteiger partial charge is 0.191 e. The summed E-state index contributed by atoms with van der Waals surface area (Å²) in [6, 6.07) is 7.70. The Morgan fingerprint density at radius 2 is 1.97 bits per heavy atom. The van der Waals surface area contributed by atoms with E-state index in [9.17, 15) is 0 Å². The zero-order valence-electron chi connectivity index (χ0n) is 17.6. The number of benzene rings is 1. The molecule has 3 aromatic rings. The van der Waals surface area contributed by atoms with Gasteiger partial charge in [0.05, 0.1) is 23.8 Å². The number of aromatic nitrogens is 5. The quantitative estimate of drug-likeness (QED) is 0.0782. The lowest BCUT2D eigenvalue weighted by Gasteiger charge is -2.10. The standard InChI is InChI=1S/C20H27ClIN7OS/c1-3-12-31-20-25-18(24-9-11-30-10-8-23-14(2)22)17-19(26-20)29(28-27-17)13-15-4-6-16(21)7-5-15/h4-7,14,23H,3,8-13H2,1-2H3,(H,24,25,26). The molecule has 3 rings (SSSR count). The maximum Gasteiger partial charge on any atom is 0.191 e. The molecule has 31 heavy (non-hydrogen) atoms. The molecule has 1 aromatic carbocycles. The van der Waals surface area contributed by atoms with Crippen LogP contribution in [-0.2, 0) is 11.3 Å². The largest absolute Gasteiger partial charge is 0.378 e. The fourth-order valence-corrected chi connectivity index (χ4v) is 3.89. The highest BCUT2D eigenvalue weighted by Gasteiger charge is 2.15. The van der Waals surface area contributed by atoms with Crippen LogP contribution in [-0.4, -0.2) is 61.1 Å². The van der Waals surface area contributed by atoms with Crippen molar-refractivity contribution in [2.24, 2.45) is 0 Å². The maximum absolute atomic E-state index is 6.00. The van der Waals surface area contributed by atoms with Crippen LogP contribution in [0.1, 0.15) is 25.8 Å². The van der Waals surface area contributed by atoms with Crippen molar-refractivity contribution in [1.29, 1.82) is 0 Å². The van der Waals surface area contributed by atoms with Crippen molar-refractivity contribution in [3.63, 3.8) is 0 Å². The molecule has 0 spiro atoms. The van der Waals surface area contributed by atoms with Gasteiger partial charge in [-0.3, -0.25) is 0 Å².